The molecule has 0 saturated heterocycles. The maximum atomic E-state index is 11.2. The fourth-order valence-electron chi connectivity index (χ4n) is 1.65. The van der Waals surface area contributed by atoms with Gasteiger partial charge < -0.3 is 15.6 Å². The van der Waals surface area contributed by atoms with Crippen LogP contribution in [0.15, 0.2) is 30.3 Å². The van der Waals surface area contributed by atoms with E-state index in [0.717, 1.165) is 5.75 Å². The van der Waals surface area contributed by atoms with Crippen LogP contribution in [0, 0.1) is 5.41 Å². The maximum absolute atomic E-state index is 11.2. The molecule has 0 fully saturated rings. The number of hydrogen-bond donors (Lipinski definition) is 2. The van der Waals surface area contributed by atoms with Gasteiger partial charge in [-0.2, -0.15) is 0 Å². The molecule has 4 heteroatoms. The third-order valence-electron chi connectivity index (χ3n) is 3.11. The van der Waals surface area contributed by atoms with Crippen LogP contribution in [0.2, 0.25) is 0 Å². The molecule has 1 rings (SSSR count). The van der Waals surface area contributed by atoms with Gasteiger partial charge in [-0.3, -0.25) is 4.79 Å². The van der Waals surface area contributed by atoms with Gasteiger partial charge in [0.25, 0.3) is 0 Å². The fraction of sp³-hybridized carbons (Fsp3) is 0.462. The number of ether oxygens (including phenoxy) is 1. The molecular formula is C13H19NO3. The number of carboxylic acids is 1. The van der Waals surface area contributed by atoms with Crippen LogP contribution in [-0.2, 0) is 4.79 Å². The lowest BCUT2D eigenvalue weighted by Gasteiger charge is -2.26. The van der Waals surface area contributed by atoms with Gasteiger partial charge in [-0.1, -0.05) is 25.1 Å². The molecule has 1 aromatic rings. The van der Waals surface area contributed by atoms with Gasteiger partial charge in [-0.25, -0.2) is 0 Å². The molecule has 3 N–H and O–H groups in total. The highest BCUT2D eigenvalue weighted by Gasteiger charge is 2.35. The van der Waals surface area contributed by atoms with Gasteiger partial charge in [0, 0.05) is 6.54 Å². The van der Waals surface area contributed by atoms with Crippen LogP contribution in [-0.4, -0.2) is 24.2 Å². The molecule has 0 spiro atoms. The van der Waals surface area contributed by atoms with Crippen molar-refractivity contribution in [2.75, 3.05) is 13.2 Å². The quantitative estimate of drug-likeness (QED) is 0.759. The minimum absolute atomic E-state index is 0.136. The molecule has 0 aliphatic heterocycles. The predicted octanol–water partition coefficient (Wildman–Crippen LogP) is 1.90. The molecule has 17 heavy (non-hydrogen) atoms. The summed E-state index contributed by atoms with van der Waals surface area (Å²) in [7, 11) is 0. The van der Waals surface area contributed by atoms with Gasteiger partial charge in [-0.05, 0) is 25.0 Å². The topological polar surface area (TPSA) is 72.5 Å². The zero-order valence-electron chi connectivity index (χ0n) is 10.1. The molecule has 4 nitrogen and oxygen atoms in total. The van der Waals surface area contributed by atoms with Crippen LogP contribution in [0.25, 0.3) is 0 Å². The number of nitrogens with two attached hydrogens (primary N) is 1. The van der Waals surface area contributed by atoms with Crippen molar-refractivity contribution in [1.82, 2.24) is 0 Å². The second kappa shape index (κ2) is 6.25. The van der Waals surface area contributed by atoms with Gasteiger partial charge >= 0.3 is 5.97 Å². The Kier molecular flexibility index (Phi) is 4.97. The standard InChI is InChI=1S/C13H19NO3/c1-2-13(10-14,12(15)16)8-9-17-11-6-4-3-5-7-11/h3-7H,2,8-10,14H2,1H3,(H,15,16). The number of carboxylic acid groups (broad SMARTS) is 1. The highest BCUT2D eigenvalue weighted by molar-refractivity contribution is 5.74. The summed E-state index contributed by atoms with van der Waals surface area (Å²) in [5, 5.41) is 9.19. The molecule has 1 aromatic carbocycles. The minimum Gasteiger partial charge on any atom is -0.494 e. The number of benzene rings is 1. The van der Waals surface area contributed by atoms with E-state index in [4.69, 9.17) is 10.5 Å². The maximum Gasteiger partial charge on any atom is 0.311 e. The Morgan fingerprint density at radius 3 is 2.53 bits per heavy atom. The first kappa shape index (κ1) is 13.5. The molecule has 0 aromatic heterocycles. The van der Waals surface area contributed by atoms with Crippen molar-refractivity contribution in [2.45, 2.75) is 19.8 Å². The van der Waals surface area contributed by atoms with Gasteiger partial charge in [0.1, 0.15) is 5.75 Å². The van der Waals surface area contributed by atoms with E-state index in [1.807, 2.05) is 37.3 Å². The largest absolute Gasteiger partial charge is 0.494 e. The molecule has 0 aliphatic rings. The first-order valence-electron chi connectivity index (χ1n) is 5.76. The number of hydrogen-bond acceptors (Lipinski definition) is 3. The average Bonchev–Trinajstić information content (AvgIpc) is 2.36. The molecule has 0 amide bonds. The Balaban J connectivity index is 2.51. The van der Waals surface area contributed by atoms with Gasteiger partial charge in [-0.15, -0.1) is 0 Å². The van der Waals surface area contributed by atoms with E-state index in [1.54, 1.807) is 0 Å². The molecule has 0 saturated carbocycles. The van der Waals surface area contributed by atoms with Crippen molar-refractivity contribution in [2.24, 2.45) is 11.1 Å². The summed E-state index contributed by atoms with van der Waals surface area (Å²) in [4.78, 5) is 11.2. The van der Waals surface area contributed by atoms with Crippen LogP contribution in [0.1, 0.15) is 19.8 Å². The lowest BCUT2D eigenvalue weighted by atomic mass is 9.82. The molecule has 0 bridgehead atoms. The van der Waals surface area contributed by atoms with Gasteiger partial charge in [0.2, 0.25) is 0 Å². The highest BCUT2D eigenvalue weighted by atomic mass is 16.5. The molecule has 1 unspecified atom stereocenters. The van der Waals surface area contributed by atoms with Crippen molar-refractivity contribution in [1.29, 1.82) is 0 Å². The first-order chi connectivity index (χ1) is 8.14. The Morgan fingerprint density at radius 1 is 1.41 bits per heavy atom. The highest BCUT2D eigenvalue weighted by Crippen LogP contribution is 2.25. The first-order valence-corrected chi connectivity index (χ1v) is 5.76. The summed E-state index contributed by atoms with van der Waals surface area (Å²) in [5.41, 5.74) is 4.70. The molecule has 0 radical (unpaired) electrons. The van der Waals surface area contributed by atoms with E-state index in [0.29, 0.717) is 19.4 Å². The smallest absolute Gasteiger partial charge is 0.311 e. The van der Waals surface area contributed by atoms with E-state index in [-0.39, 0.29) is 6.54 Å². The van der Waals surface area contributed by atoms with Crippen molar-refractivity contribution >= 4 is 5.97 Å². The summed E-state index contributed by atoms with van der Waals surface area (Å²) in [6.45, 7) is 2.34. The van der Waals surface area contributed by atoms with Crippen molar-refractivity contribution < 1.29 is 14.6 Å². The van der Waals surface area contributed by atoms with Crippen molar-refractivity contribution in [3.05, 3.63) is 30.3 Å². The minimum atomic E-state index is -0.866. The Hall–Kier alpha value is -1.55. The summed E-state index contributed by atoms with van der Waals surface area (Å²) >= 11 is 0. The SMILES string of the molecule is CCC(CN)(CCOc1ccccc1)C(=O)O. The zero-order chi connectivity index (χ0) is 12.7. The lowest BCUT2D eigenvalue weighted by molar-refractivity contribution is -0.149. The number of carbonyl (C=O) groups is 1. The van der Waals surface area contributed by atoms with E-state index in [1.165, 1.54) is 0 Å². The van der Waals surface area contributed by atoms with E-state index in [2.05, 4.69) is 0 Å². The Morgan fingerprint density at radius 2 is 2.06 bits per heavy atom. The monoisotopic (exact) mass is 237 g/mol. The Labute approximate surface area is 101 Å². The number of aliphatic carboxylic acids is 1. The van der Waals surface area contributed by atoms with E-state index < -0.39 is 11.4 Å². The summed E-state index contributed by atoms with van der Waals surface area (Å²) in [6.07, 6.45) is 0.932. The summed E-state index contributed by atoms with van der Waals surface area (Å²) in [6, 6.07) is 9.35. The fourth-order valence-corrected chi connectivity index (χ4v) is 1.65. The van der Waals surface area contributed by atoms with Crippen LogP contribution in [0.5, 0.6) is 5.75 Å². The second-order valence-electron chi connectivity index (χ2n) is 4.05. The van der Waals surface area contributed by atoms with Crippen molar-refractivity contribution in [3.63, 3.8) is 0 Å². The average molecular weight is 237 g/mol. The summed E-state index contributed by atoms with van der Waals surface area (Å²) < 4.78 is 5.50. The molecule has 1 atom stereocenters. The van der Waals surface area contributed by atoms with E-state index >= 15 is 0 Å². The number of rotatable bonds is 7. The zero-order valence-corrected chi connectivity index (χ0v) is 10.1. The van der Waals surface area contributed by atoms with Crippen LogP contribution in [0.3, 0.4) is 0 Å². The van der Waals surface area contributed by atoms with Gasteiger partial charge in [0.05, 0.1) is 12.0 Å². The third kappa shape index (κ3) is 3.46. The molecule has 0 aliphatic carbocycles. The second-order valence-corrected chi connectivity index (χ2v) is 4.05. The third-order valence-corrected chi connectivity index (χ3v) is 3.11. The van der Waals surface area contributed by atoms with Crippen molar-refractivity contribution in [3.8, 4) is 5.75 Å². The van der Waals surface area contributed by atoms with Crippen LogP contribution < -0.4 is 10.5 Å². The van der Waals surface area contributed by atoms with E-state index in [9.17, 15) is 9.90 Å². The van der Waals surface area contributed by atoms with Crippen LogP contribution >= 0.6 is 0 Å². The van der Waals surface area contributed by atoms with Crippen LogP contribution in [0.4, 0.5) is 0 Å². The van der Waals surface area contributed by atoms with Gasteiger partial charge in [0.15, 0.2) is 0 Å². The predicted molar refractivity (Wildman–Crippen MR) is 66.0 cm³/mol. The lowest BCUT2D eigenvalue weighted by Crippen LogP contribution is -2.39. The Bertz CT molecular complexity index is 347. The molecule has 94 valence electrons. The summed E-state index contributed by atoms with van der Waals surface area (Å²) in [5.74, 6) is -0.0981. The molecule has 0 heterocycles. The normalized spacial score (nSPS) is 14.0. The number of para-hydroxylation sites is 1. The molecular weight excluding hydrogens is 218 g/mol.